The Morgan fingerprint density at radius 3 is 2.71 bits per heavy atom. The number of thiophene rings is 1. The molecule has 0 radical (unpaired) electrons. The summed E-state index contributed by atoms with van der Waals surface area (Å²) in [7, 11) is 3.40. The lowest BCUT2D eigenvalue weighted by Gasteiger charge is -2.13. The second kappa shape index (κ2) is 12.7. The predicted molar refractivity (Wildman–Crippen MR) is 115 cm³/mol. The van der Waals surface area contributed by atoms with E-state index in [-0.39, 0.29) is 5.91 Å². The summed E-state index contributed by atoms with van der Waals surface area (Å²) in [5.41, 5.74) is 0.892. The van der Waals surface area contributed by atoms with Crippen molar-refractivity contribution in [1.29, 1.82) is 0 Å². The van der Waals surface area contributed by atoms with Crippen molar-refractivity contribution in [3.63, 3.8) is 0 Å². The van der Waals surface area contributed by atoms with Gasteiger partial charge in [0.25, 0.3) is 5.91 Å². The van der Waals surface area contributed by atoms with E-state index in [0.29, 0.717) is 32.3 Å². The van der Waals surface area contributed by atoms with E-state index in [4.69, 9.17) is 9.47 Å². The first-order valence-corrected chi connectivity index (χ1v) is 10.1. The van der Waals surface area contributed by atoms with Gasteiger partial charge in [-0.15, -0.1) is 11.3 Å². The number of amides is 1. The maximum atomic E-state index is 11.9. The lowest BCUT2D eigenvalue weighted by atomic mass is 10.3. The smallest absolute Gasteiger partial charge is 0.261 e. The topological polar surface area (TPSA) is 84.0 Å². The van der Waals surface area contributed by atoms with E-state index in [1.165, 1.54) is 11.3 Å². The van der Waals surface area contributed by atoms with Gasteiger partial charge < -0.3 is 25.4 Å². The van der Waals surface area contributed by atoms with Crippen LogP contribution in [0.2, 0.25) is 0 Å². The van der Waals surface area contributed by atoms with Crippen molar-refractivity contribution in [3.8, 4) is 5.75 Å². The van der Waals surface area contributed by atoms with Gasteiger partial charge in [0.15, 0.2) is 5.96 Å². The summed E-state index contributed by atoms with van der Waals surface area (Å²) in [5, 5.41) is 11.3. The number of benzene rings is 1. The first kappa shape index (κ1) is 21.7. The SMILES string of the molecule is CN=C(NCCCNC(=O)c1cccs1)Nc1cccc(OCCCOC)c1. The van der Waals surface area contributed by atoms with E-state index in [0.717, 1.165) is 29.2 Å². The molecule has 1 aromatic carbocycles. The van der Waals surface area contributed by atoms with Crippen molar-refractivity contribution in [2.24, 2.45) is 4.99 Å². The van der Waals surface area contributed by atoms with Crippen LogP contribution in [-0.2, 0) is 4.74 Å². The third-order valence-corrected chi connectivity index (χ3v) is 4.63. The first-order valence-electron chi connectivity index (χ1n) is 9.24. The fourth-order valence-electron chi connectivity index (χ4n) is 2.36. The van der Waals surface area contributed by atoms with Crippen molar-refractivity contribution in [2.45, 2.75) is 12.8 Å². The van der Waals surface area contributed by atoms with Crippen LogP contribution in [0.25, 0.3) is 0 Å². The normalized spacial score (nSPS) is 11.1. The molecule has 2 rings (SSSR count). The van der Waals surface area contributed by atoms with Crippen molar-refractivity contribution >= 4 is 28.9 Å². The highest BCUT2D eigenvalue weighted by atomic mass is 32.1. The molecule has 0 aliphatic rings. The van der Waals surface area contributed by atoms with Gasteiger partial charge >= 0.3 is 0 Å². The van der Waals surface area contributed by atoms with Crippen LogP contribution in [-0.4, -0.2) is 52.3 Å². The number of methoxy groups -OCH3 is 1. The number of rotatable bonds is 11. The molecular formula is C20H28N4O3S. The van der Waals surface area contributed by atoms with E-state index in [1.807, 2.05) is 41.8 Å². The molecule has 7 nitrogen and oxygen atoms in total. The third-order valence-electron chi connectivity index (χ3n) is 3.76. The number of guanidine groups is 1. The predicted octanol–water partition coefficient (Wildman–Crippen LogP) is 2.97. The molecule has 152 valence electrons. The monoisotopic (exact) mass is 404 g/mol. The quantitative estimate of drug-likeness (QED) is 0.305. The van der Waals surface area contributed by atoms with Crippen LogP contribution in [0.4, 0.5) is 5.69 Å². The largest absolute Gasteiger partial charge is 0.493 e. The molecule has 0 fully saturated rings. The first-order chi connectivity index (χ1) is 13.7. The molecule has 1 heterocycles. The van der Waals surface area contributed by atoms with Gasteiger partial charge in [-0.1, -0.05) is 12.1 Å². The Bertz CT molecular complexity index is 735. The summed E-state index contributed by atoms with van der Waals surface area (Å²) in [4.78, 5) is 16.8. The van der Waals surface area contributed by atoms with E-state index in [1.54, 1.807) is 14.2 Å². The van der Waals surface area contributed by atoms with Crippen LogP contribution in [0.15, 0.2) is 46.8 Å². The van der Waals surface area contributed by atoms with Gasteiger partial charge in [-0.2, -0.15) is 0 Å². The highest BCUT2D eigenvalue weighted by Gasteiger charge is 2.05. The molecule has 28 heavy (non-hydrogen) atoms. The fourth-order valence-corrected chi connectivity index (χ4v) is 3.00. The summed E-state index contributed by atoms with van der Waals surface area (Å²) >= 11 is 1.44. The summed E-state index contributed by atoms with van der Waals surface area (Å²) < 4.78 is 10.7. The standard InChI is InChI=1S/C20H28N4O3S/c1-21-20(23-11-5-10-22-19(25)18-9-4-14-28-18)24-16-7-3-8-17(15-16)27-13-6-12-26-2/h3-4,7-9,14-15H,5-6,10-13H2,1-2H3,(H,22,25)(H2,21,23,24). The van der Waals surface area contributed by atoms with Crippen molar-refractivity contribution in [1.82, 2.24) is 10.6 Å². The van der Waals surface area contributed by atoms with E-state index in [9.17, 15) is 4.79 Å². The van der Waals surface area contributed by atoms with Gasteiger partial charge in [-0.05, 0) is 30.0 Å². The average molecular weight is 405 g/mol. The summed E-state index contributed by atoms with van der Waals surface area (Å²) in [6.45, 7) is 2.59. The summed E-state index contributed by atoms with van der Waals surface area (Å²) in [6, 6.07) is 11.4. The summed E-state index contributed by atoms with van der Waals surface area (Å²) in [6.07, 6.45) is 1.64. The number of hydrogen-bond acceptors (Lipinski definition) is 5. The van der Waals surface area contributed by atoms with Crippen LogP contribution < -0.4 is 20.7 Å². The average Bonchev–Trinajstić information content (AvgIpc) is 3.25. The molecule has 0 aliphatic heterocycles. The van der Waals surface area contributed by atoms with Crippen LogP contribution in [0.1, 0.15) is 22.5 Å². The molecule has 0 bridgehead atoms. The maximum Gasteiger partial charge on any atom is 0.261 e. The Hall–Kier alpha value is -2.58. The molecule has 0 spiro atoms. The molecule has 0 saturated heterocycles. The van der Waals surface area contributed by atoms with Crippen LogP contribution in [0.5, 0.6) is 5.75 Å². The number of ether oxygens (including phenoxy) is 2. The van der Waals surface area contributed by atoms with Crippen LogP contribution in [0, 0.1) is 0 Å². The van der Waals surface area contributed by atoms with E-state index >= 15 is 0 Å². The van der Waals surface area contributed by atoms with Gasteiger partial charge in [0, 0.05) is 52.0 Å². The molecule has 8 heteroatoms. The molecule has 0 saturated carbocycles. The third kappa shape index (κ3) is 7.98. The number of anilines is 1. The Morgan fingerprint density at radius 2 is 1.96 bits per heavy atom. The minimum Gasteiger partial charge on any atom is -0.493 e. The molecule has 0 aliphatic carbocycles. The lowest BCUT2D eigenvalue weighted by molar-refractivity contribution is 0.0957. The van der Waals surface area contributed by atoms with E-state index in [2.05, 4.69) is 20.9 Å². The Morgan fingerprint density at radius 1 is 1.11 bits per heavy atom. The lowest BCUT2D eigenvalue weighted by Crippen LogP contribution is -2.33. The zero-order valence-corrected chi connectivity index (χ0v) is 17.2. The maximum absolute atomic E-state index is 11.9. The molecule has 3 N–H and O–H groups in total. The number of nitrogens with zero attached hydrogens (tertiary/aromatic N) is 1. The molecule has 1 amide bonds. The summed E-state index contributed by atoms with van der Waals surface area (Å²) in [5.74, 6) is 1.44. The molecule has 2 aromatic rings. The van der Waals surface area contributed by atoms with Gasteiger partial charge in [0.2, 0.25) is 0 Å². The number of carbonyl (C=O) groups excluding carboxylic acids is 1. The van der Waals surface area contributed by atoms with Crippen molar-refractivity contribution < 1.29 is 14.3 Å². The Balaban J connectivity index is 1.68. The zero-order valence-electron chi connectivity index (χ0n) is 16.4. The van der Waals surface area contributed by atoms with E-state index < -0.39 is 0 Å². The number of hydrogen-bond donors (Lipinski definition) is 3. The molecule has 1 aromatic heterocycles. The number of carbonyl (C=O) groups is 1. The second-order valence-electron chi connectivity index (χ2n) is 5.93. The van der Waals surface area contributed by atoms with Gasteiger partial charge in [0.05, 0.1) is 11.5 Å². The fraction of sp³-hybridized carbons (Fsp3) is 0.400. The number of aliphatic imine (C=N–C) groups is 1. The van der Waals surface area contributed by atoms with Crippen LogP contribution in [0.3, 0.4) is 0 Å². The minimum absolute atomic E-state index is 0.0279. The Labute approximate surface area is 170 Å². The van der Waals surface area contributed by atoms with Crippen molar-refractivity contribution in [2.75, 3.05) is 45.8 Å². The minimum atomic E-state index is -0.0279. The zero-order chi connectivity index (χ0) is 20.0. The van der Waals surface area contributed by atoms with Gasteiger partial charge in [-0.3, -0.25) is 9.79 Å². The highest BCUT2D eigenvalue weighted by molar-refractivity contribution is 7.12. The number of nitrogens with one attached hydrogen (secondary N) is 3. The van der Waals surface area contributed by atoms with Crippen molar-refractivity contribution in [3.05, 3.63) is 46.7 Å². The van der Waals surface area contributed by atoms with Crippen LogP contribution >= 0.6 is 11.3 Å². The molecule has 0 atom stereocenters. The molecular weight excluding hydrogens is 376 g/mol. The van der Waals surface area contributed by atoms with Gasteiger partial charge in [-0.25, -0.2) is 0 Å². The Kier molecular flexibility index (Phi) is 9.88. The van der Waals surface area contributed by atoms with Gasteiger partial charge in [0.1, 0.15) is 5.75 Å². The highest BCUT2D eigenvalue weighted by Crippen LogP contribution is 2.17. The second-order valence-corrected chi connectivity index (χ2v) is 6.88. The molecule has 0 unspecified atom stereocenters.